The molecule has 0 amide bonds. The van der Waals surface area contributed by atoms with Gasteiger partial charge < -0.3 is 5.32 Å². The first kappa shape index (κ1) is 14.1. The fourth-order valence-corrected chi connectivity index (χ4v) is 3.80. The molecule has 0 unspecified atom stereocenters. The van der Waals surface area contributed by atoms with Gasteiger partial charge in [0, 0.05) is 34.4 Å². The summed E-state index contributed by atoms with van der Waals surface area (Å²) in [6.07, 6.45) is 4.92. The monoisotopic (exact) mass is 350 g/mol. The van der Waals surface area contributed by atoms with Gasteiger partial charge in [0.15, 0.2) is 0 Å². The molecule has 1 aliphatic rings. The lowest BCUT2D eigenvalue weighted by atomic mass is 9.78. The zero-order valence-electron chi connectivity index (χ0n) is 11.0. The van der Waals surface area contributed by atoms with Crippen LogP contribution in [-0.4, -0.2) is 18.1 Å². The second kappa shape index (κ2) is 6.25. The molecule has 1 aliphatic heterocycles. The number of aromatic nitrogens is 1. The van der Waals surface area contributed by atoms with Crippen molar-refractivity contribution in [1.29, 1.82) is 0 Å². The average Bonchev–Trinajstić information content (AvgIpc) is 2.48. The lowest BCUT2D eigenvalue weighted by Crippen LogP contribution is -2.34. The van der Waals surface area contributed by atoms with Gasteiger partial charge >= 0.3 is 0 Å². The molecule has 1 saturated heterocycles. The quantitative estimate of drug-likeness (QED) is 0.869. The summed E-state index contributed by atoms with van der Waals surface area (Å²) in [5.74, 6) is 0.872. The lowest BCUT2D eigenvalue weighted by Gasteiger charge is -2.33. The number of halogens is 2. The van der Waals surface area contributed by atoms with Crippen molar-refractivity contribution in [3.05, 3.63) is 63.3 Å². The van der Waals surface area contributed by atoms with E-state index in [0.717, 1.165) is 29.0 Å². The van der Waals surface area contributed by atoms with E-state index >= 15 is 0 Å². The summed E-state index contributed by atoms with van der Waals surface area (Å²) < 4.78 is 1.02. The Kier molecular flexibility index (Phi) is 4.39. The van der Waals surface area contributed by atoms with Crippen LogP contribution >= 0.6 is 27.5 Å². The van der Waals surface area contributed by atoms with Crippen molar-refractivity contribution >= 4 is 27.5 Å². The Morgan fingerprint density at radius 1 is 1.25 bits per heavy atom. The third kappa shape index (κ3) is 2.90. The number of hydrogen-bond acceptors (Lipinski definition) is 2. The van der Waals surface area contributed by atoms with E-state index in [9.17, 15) is 0 Å². The minimum Gasteiger partial charge on any atom is -0.316 e. The van der Waals surface area contributed by atoms with E-state index in [4.69, 9.17) is 11.6 Å². The van der Waals surface area contributed by atoms with Crippen LogP contribution in [0.25, 0.3) is 0 Å². The van der Waals surface area contributed by atoms with Gasteiger partial charge in [0.2, 0.25) is 0 Å². The molecule has 1 N–H and O–H groups in total. The van der Waals surface area contributed by atoms with Crippen molar-refractivity contribution < 1.29 is 0 Å². The Labute approximate surface area is 132 Å². The third-order valence-corrected chi connectivity index (χ3v) is 4.78. The van der Waals surface area contributed by atoms with Gasteiger partial charge in [0.25, 0.3) is 0 Å². The van der Waals surface area contributed by atoms with Crippen LogP contribution in [0.15, 0.2) is 47.2 Å². The van der Waals surface area contributed by atoms with Crippen LogP contribution in [0.2, 0.25) is 5.02 Å². The van der Waals surface area contributed by atoms with E-state index in [1.807, 2.05) is 24.5 Å². The fourth-order valence-electron chi connectivity index (χ4n) is 2.98. The van der Waals surface area contributed by atoms with Crippen molar-refractivity contribution in [1.82, 2.24) is 10.3 Å². The van der Waals surface area contributed by atoms with Crippen molar-refractivity contribution in [2.45, 2.75) is 18.3 Å². The van der Waals surface area contributed by atoms with Gasteiger partial charge in [0.1, 0.15) is 0 Å². The molecule has 1 aromatic carbocycles. The highest BCUT2D eigenvalue weighted by Gasteiger charge is 2.29. The Bertz CT molecular complexity index is 588. The number of nitrogens with one attached hydrogen (secondary N) is 1. The minimum atomic E-state index is 0.397. The van der Waals surface area contributed by atoms with Gasteiger partial charge in [-0.05, 0) is 48.2 Å². The standard InChI is InChI=1S/C16H16BrClN2/c17-12-3-4-14(16(18)8-12)15-10-20-7-5-13(15)11-2-1-6-19-9-11/h1-4,6,8-9,13,15,20H,5,7,10H2/t13-,15+/m0/s1. The summed E-state index contributed by atoms with van der Waals surface area (Å²) in [6.45, 7) is 2.01. The Morgan fingerprint density at radius 3 is 2.90 bits per heavy atom. The van der Waals surface area contributed by atoms with Crippen molar-refractivity contribution in [3.8, 4) is 0 Å². The molecule has 1 fully saturated rings. The first-order valence-electron chi connectivity index (χ1n) is 6.81. The maximum Gasteiger partial charge on any atom is 0.0452 e. The molecule has 1 aromatic heterocycles. The summed E-state index contributed by atoms with van der Waals surface area (Å²) in [6, 6.07) is 10.4. The van der Waals surface area contributed by atoms with E-state index in [1.54, 1.807) is 0 Å². The van der Waals surface area contributed by atoms with Crippen LogP contribution < -0.4 is 5.32 Å². The van der Waals surface area contributed by atoms with E-state index in [-0.39, 0.29) is 0 Å². The van der Waals surface area contributed by atoms with Gasteiger partial charge in [-0.25, -0.2) is 0 Å². The summed E-state index contributed by atoms with van der Waals surface area (Å²) in [5, 5.41) is 4.32. The second-order valence-electron chi connectivity index (χ2n) is 5.16. The number of rotatable bonds is 2. The van der Waals surface area contributed by atoms with Crippen LogP contribution in [0.3, 0.4) is 0 Å². The van der Waals surface area contributed by atoms with Crippen LogP contribution in [0.4, 0.5) is 0 Å². The van der Waals surface area contributed by atoms with E-state index < -0.39 is 0 Å². The van der Waals surface area contributed by atoms with Gasteiger partial charge in [0.05, 0.1) is 0 Å². The first-order chi connectivity index (χ1) is 9.75. The number of benzene rings is 1. The van der Waals surface area contributed by atoms with Gasteiger partial charge in [-0.1, -0.05) is 39.7 Å². The summed E-state index contributed by atoms with van der Waals surface area (Å²) in [5.41, 5.74) is 2.52. The maximum atomic E-state index is 6.44. The van der Waals surface area contributed by atoms with E-state index in [1.165, 1.54) is 11.1 Å². The van der Waals surface area contributed by atoms with Crippen molar-refractivity contribution in [3.63, 3.8) is 0 Å². The molecule has 3 rings (SSSR count). The molecule has 20 heavy (non-hydrogen) atoms. The zero-order valence-corrected chi connectivity index (χ0v) is 13.4. The van der Waals surface area contributed by atoms with E-state index in [2.05, 4.69) is 44.4 Å². The Balaban J connectivity index is 1.97. The average molecular weight is 352 g/mol. The van der Waals surface area contributed by atoms with Gasteiger partial charge in [-0.15, -0.1) is 0 Å². The molecule has 0 radical (unpaired) electrons. The molecule has 2 nitrogen and oxygen atoms in total. The predicted octanol–water partition coefficient (Wildman–Crippen LogP) is 4.36. The minimum absolute atomic E-state index is 0.397. The summed E-state index contributed by atoms with van der Waals surface area (Å²) in [4.78, 5) is 4.26. The maximum absolute atomic E-state index is 6.44. The molecule has 2 heterocycles. The highest BCUT2D eigenvalue weighted by atomic mass is 79.9. The largest absolute Gasteiger partial charge is 0.316 e. The molecule has 0 bridgehead atoms. The highest BCUT2D eigenvalue weighted by Crippen LogP contribution is 2.40. The van der Waals surface area contributed by atoms with Crippen molar-refractivity contribution in [2.75, 3.05) is 13.1 Å². The normalized spacial score (nSPS) is 22.7. The SMILES string of the molecule is Clc1cc(Br)ccc1[C@@H]1CNCC[C@H]1c1cccnc1. The van der Waals surface area contributed by atoms with Gasteiger partial charge in [-0.2, -0.15) is 0 Å². The van der Waals surface area contributed by atoms with Crippen LogP contribution in [0.1, 0.15) is 29.4 Å². The molecular weight excluding hydrogens is 336 g/mol. The third-order valence-electron chi connectivity index (χ3n) is 3.96. The highest BCUT2D eigenvalue weighted by molar-refractivity contribution is 9.10. The molecular formula is C16H16BrClN2. The van der Waals surface area contributed by atoms with Crippen LogP contribution in [0.5, 0.6) is 0 Å². The van der Waals surface area contributed by atoms with Crippen LogP contribution in [-0.2, 0) is 0 Å². The molecule has 0 saturated carbocycles. The summed E-state index contributed by atoms with van der Waals surface area (Å²) >= 11 is 9.91. The second-order valence-corrected chi connectivity index (χ2v) is 6.48. The molecule has 104 valence electrons. The number of pyridine rings is 1. The number of hydrogen-bond donors (Lipinski definition) is 1. The Morgan fingerprint density at radius 2 is 2.15 bits per heavy atom. The molecule has 2 atom stereocenters. The lowest BCUT2D eigenvalue weighted by molar-refractivity contribution is 0.403. The zero-order chi connectivity index (χ0) is 13.9. The molecule has 4 heteroatoms. The summed E-state index contributed by atoms with van der Waals surface area (Å²) in [7, 11) is 0. The van der Waals surface area contributed by atoms with E-state index in [0.29, 0.717) is 11.8 Å². The smallest absolute Gasteiger partial charge is 0.0452 e. The molecule has 2 aromatic rings. The predicted molar refractivity (Wildman–Crippen MR) is 86.4 cm³/mol. The van der Waals surface area contributed by atoms with Crippen LogP contribution in [0, 0.1) is 0 Å². The Hall–Kier alpha value is -0.900. The number of nitrogens with zero attached hydrogens (tertiary/aromatic N) is 1. The molecule has 0 spiro atoms. The first-order valence-corrected chi connectivity index (χ1v) is 7.98. The molecule has 0 aliphatic carbocycles. The van der Waals surface area contributed by atoms with Gasteiger partial charge in [-0.3, -0.25) is 4.98 Å². The van der Waals surface area contributed by atoms with Crippen molar-refractivity contribution in [2.24, 2.45) is 0 Å². The fraction of sp³-hybridized carbons (Fsp3) is 0.312. The topological polar surface area (TPSA) is 24.9 Å². The number of piperidine rings is 1.